The Labute approximate surface area is 134 Å². The number of halogens is 1. The van der Waals surface area contributed by atoms with E-state index in [2.05, 4.69) is 30.3 Å². The number of hydrogen-bond acceptors (Lipinski definition) is 6. The van der Waals surface area contributed by atoms with Crippen LogP contribution in [0.15, 0.2) is 11.5 Å². The predicted octanol–water partition coefficient (Wildman–Crippen LogP) is 1.12. The van der Waals surface area contributed by atoms with Crippen molar-refractivity contribution in [1.29, 1.82) is 0 Å². The molecule has 0 saturated carbocycles. The van der Waals surface area contributed by atoms with Gasteiger partial charge in [0.05, 0.1) is 5.75 Å². The van der Waals surface area contributed by atoms with E-state index in [0.29, 0.717) is 5.92 Å². The molecule has 0 radical (unpaired) electrons. The summed E-state index contributed by atoms with van der Waals surface area (Å²) in [4.78, 5) is 0. The molecule has 0 aromatic carbocycles. The molecule has 0 aliphatic carbocycles. The minimum atomic E-state index is 0. The molecule has 3 rings (SSSR count). The summed E-state index contributed by atoms with van der Waals surface area (Å²) in [5.74, 6) is 3.26. The lowest BCUT2D eigenvalue weighted by Crippen LogP contribution is -2.29. The molecule has 3 heterocycles. The van der Waals surface area contributed by atoms with Gasteiger partial charge in [-0.2, -0.15) is 0 Å². The second kappa shape index (κ2) is 7.24. The maximum absolute atomic E-state index is 4.37. The van der Waals surface area contributed by atoms with Crippen LogP contribution in [0.5, 0.6) is 0 Å². The molecule has 2 aromatic rings. The molecular weight excluding hydrogens is 310 g/mol. The molecule has 1 aliphatic heterocycles. The van der Waals surface area contributed by atoms with E-state index in [-0.39, 0.29) is 12.4 Å². The lowest BCUT2D eigenvalue weighted by molar-refractivity contribution is 0.436. The van der Waals surface area contributed by atoms with Crippen molar-refractivity contribution in [2.45, 2.75) is 29.7 Å². The molecule has 1 fully saturated rings. The average molecular weight is 330 g/mol. The smallest absolute Gasteiger partial charge is 0.191 e. The van der Waals surface area contributed by atoms with Gasteiger partial charge in [-0.1, -0.05) is 11.8 Å². The molecular formula is C12H20ClN7S. The fourth-order valence-corrected chi connectivity index (χ4v) is 3.35. The van der Waals surface area contributed by atoms with Crippen LogP contribution in [0.1, 0.15) is 30.4 Å². The first-order valence-corrected chi connectivity index (χ1v) is 7.80. The largest absolute Gasteiger partial charge is 0.320 e. The predicted molar refractivity (Wildman–Crippen MR) is 83.7 cm³/mol. The van der Waals surface area contributed by atoms with E-state index in [1.165, 1.54) is 12.8 Å². The first-order valence-electron chi connectivity index (χ1n) is 6.81. The van der Waals surface area contributed by atoms with Crippen LogP contribution in [0.25, 0.3) is 0 Å². The normalized spacial score (nSPS) is 18.5. The van der Waals surface area contributed by atoms with Gasteiger partial charge in [-0.15, -0.1) is 32.8 Å². The van der Waals surface area contributed by atoms with Gasteiger partial charge in [0.1, 0.15) is 18.0 Å². The summed E-state index contributed by atoms with van der Waals surface area (Å²) >= 11 is 1.65. The first-order chi connectivity index (χ1) is 9.75. The van der Waals surface area contributed by atoms with Crippen molar-refractivity contribution in [3.05, 3.63) is 18.0 Å². The van der Waals surface area contributed by atoms with Gasteiger partial charge in [-0.3, -0.25) is 0 Å². The van der Waals surface area contributed by atoms with Crippen molar-refractivity contribution in [2.24, 2.45) is 14.1 Å². The molecule has 2 aromatic heterocycles. The maximum atomic E-state index is 4.37. The molecule has 1 unspecified atom stereocenters. The van der Waals surface area contributed by atoms with Gasteiger partial charge in [0.15, 0.2) is 5.16 Å². The molecule has 0 bridgehead atoms. The van der Waals surface area contributed by atoms with Crippen LogP contribution in [0.4, 0.5) is 0 Å². The average Bonchev–Trinajstić information content (AvgIpc) is 3.04. The molecule has 1 N–H and O–H groups in total. The lowest BCUT2D eigenvalue weighted by Gasteiger charge is -2.21. The Morgan fingerprint density at radius 3 is 2.86 bits per heavy atom. The minimum Gasteiger partial charge on any atom is -0.320 e. The minimum absolute atomic E-state index is 0. The van der Waals surface area contributed by atoms with Crippen LogP contribution in [-0.2, 0) is 19.8 Å². The first kappa shape index (κ1) is 16.3. The van der Waals surface area contributed by atoms with Gasteiger partial charge in [0.2, 0.25) is 0 Å². The number of thioether (sulfide) groups is 1. The zero-order valence-corrected chi connectivity index (χ0v) is 13.8. The molecule has 1 atom stereocenters. The van der Waals surface area contributed by atoms with Crippen molar-refractivity contribution in [3.8, 4) is 0 Å². The number of piperidine rings is 1. The maximum Gasteiger partial charge on any atom is 0.191 e. The molecule has 1 saturated heterocycles. The van der Waals surface area contributed by atoms with Crippen LogP contribution in [0.2, 0.25) is 0 Å². The second-order valence-corrected chi connectivity index (χ2v) is 6.03. The second-order valence-electron chi connectivity index (χ2n) is 5.09. The highest BCUT2D eigenvalue weighted by Crippen LogP contribution is 2.26. The van der Waals surface area contributed by atoms with Crippen molar-refractivity contribution >= 4 is 24.2 Å². The van der Waals surface area contributed by atoms with Crippen LogP contribution in [0.3, 0.4) is 0 Å². The molecule has 116 valence electrons. The number of hydrogen-bond donors (Lipinski definition) is 1. The highest BCUT2D eigenvalue weighted by Gasteiger charge is 2.21. The zero-order chi connectivity index (χ0) is 13.9. The van der Waals surface area contributed by atoms with E-state index in [4.69, 9.17) is 0 Å². The summed E-state index contributed by atoms with van der Waals surface area (Å²) < 4.78 is 4.04. The third-order valence-electron chi connectivity index (χ3n) is 3.67. The van der Waals surface area contributed by atoms with Crippen LogP contribution >= 0.6 is 24.2 Å². The van der Waals surface area contributed by atoms with Gasteiger partial charge in [-0.25, -0.2) is 0 Å². The van der Waals surface area contributed by atoms with E-state index in [0.717, 1.165) is 35.6 Å². The van der Waals surface area contributed by atoms with E-state index >= 15 is 0 Å². The van der Waals surface area contributed by atoms with E-state index in [1.807, 2.05) is 18.7 Å². The molecule has 9 heteroatoms. The van der Waals surface area contributed by atoms with Gasteiger partial charge in [0.25, 0.3) is 0 Å². The number of rotatable bonds is 4. The Balaban J connectivity index is 0.00000161. The van der Waals surface area contributed by atoms with E-state index < -0.39 is 0 Å². The summed E-state index contributed by atoms with van der Waals surface area (Å²) in [6.45, 7) is 2.11. The summed E-state index contributed by atoms with van der Waals surface area (Å²) in [7, 11) is 3.99. The van der Waals surface area contributed by atoms with Crippen molar-refractivity contribution in [1.82, 2.24) is 34.8 Å². The highest BCUT2D eigenvalue weighted by molar-refractivity contribution is 7.98. The lowest BCUT2D eigenvalue weighted by atomic mass is 9.99. The molecule has 0 amide bonds. The molecule has 1 aliphatic rings. The molecule has 0 spiro atoms. The third kappa shape index (κ3) is 3.56. The van der Waals surface area contributed by atoms with Gasteiger partial charge >= 0.3 is 0 Å². The highest BCUT2D eigenvalue weighted by atomic mass is 35.5. The van der Waals surface area contributed by atoms with Crippen molar-refractivity contribution in [2.75, 3.05) is 13.1 Å². The quantitative estimate of drug-likeness (QED) is 0.848. The van der Waals surface area contributed by atoms with Crippen molar-refractivity contribution in [3.63, 3.8) is 0 Å². The number of nitrogens with one attached hydrogen (secondary N) is 1. The Bertz CT molecular complexity index is 576. The Morgan fingerprint density at radius 1 is 1.33 bits per heavy atom. The monoisotopic (exact) mass is 329 g/mol. The van der Waals surface area contributed by atoms with Gasteiger partial charge in [-0.05, 0) is 19.4 Å². The molecule has 21 heavy (non-hydrogen) atoms. The van der Waals surface area contributed by atoms with Crippen molar-refractivity contribution < 1.29 is 0 Å². The fourth-order valence-electron chi connectivity index (χ4n) is 2.45. The third-order valence-corrected chi connectivity index (χ3v) is 4.68. The number of aryl methyl sites for hydroxylation is 1. The van der Waals surface area contributed by atoms with Crippen LogP contribution in [-0.4, -0.2) is 42.6 Å². The summed E-state index contributed by atoms with van der Waals surface area (Å²) in [5, 5.41) is 21.0. The van der Waals surface area contributed by atoms with Gasteiger partial charge in [0, 0.05) is 26.6 Å². The number of nitrogens with zero attached hydrogens (tertiary/aromatic N) is 6. The molecule has 7 nitrogen and oxygen atoms in total. The van der Waals surface area contributed by atoms with E-state index in [9.17, 15) is 0 Å². The standard InChI is InChI=1S/C12H19N7S.ClH/c1-18-8-14-15-10(18)7-20-12-17-16-11(19(12)2)9-4-3-5-13-6-9;/h8-9,13H,3-7H2,1-2H3;1H. The van der Waals surface area contributed by atoms with Crippen LogP contribution < -0.4 is 5.32 Å². The summed E-state index contributed by atoms with van der Waals surface area (Å²) in [5.41, 5.74) is 0. The van der Waals surface area contributed by atoms with Crippen LogP contribution in [0, 0.1) is 0 Å². The number of aromatic nitrogens is 6. The Morgan fingerprint density at radius 2 is 2.19 bits per heavy atom. The summed E-state index contributed by atoms with van der Waals surface area (Å²) in [6.07, 6.45) is 4.11. The van der Waals surface area contributed by atoms with Gasteiger partial charge < -0.3 is 14.5 Å². The Kier molecular flexibility index (Phi) is 5.60. The Hall–Kier alpha value is -1.12. The fraction of sp³-hybridized carbons (Fsp3) is 0.667. The SMILES string of the molecule is Cl.Cn1cnnc1CSc1nnc(C2CCCNC2)n1C. The topological polar surface area (TPSA) is 73.4 Å². The van der Waals surface area contributed by atoms with E-state index in [1.54, 1.807) is 18.1 Å². The summed E-state index contributed by atoms with van der Waals surface area (Å²) in [6, 6.07) is 0. The zero-order valence-electron chi connectivity index (χ0n) is 12.2.